The molecule has 0 aromatic heterocycles. The van der Waals surface area contributed by atoms with Gasteiger partial charge in [-0.1, -0.05) is 24.6 Å². The van der Waals surface area contributed by atoms with Crippen molar-refractivity contribution in [3.05, 3.63) is 34.6 Å². The van der Waals surface area contributed by atoms with E-state index in [2.05, 4.69) is 12.2 Å². The Morgan fingerprint density at radius 1 is 1.53 bits per heavy atom. The first-order chi connectivity index (χ1) is 9.20. The standard InChI is InChI=1S/C15H21ClFNO/c1-2-7-18-14(15-4-3-8-19-15)9-11-5-6-12(16)10-13(11)17/h5-6,10,14-15,18H,2-4,7-9H2,1H3. The van der Waals surface area contributed by atoms with Gasteiger partial charge in [-0.2, -0.15) is 0 Å². The zero-order valence-electron chi connectivity index (χ0n) is 11.3. The van der Waals surface area contributed by atoms with E-state index in [0.29, 0.717) is 17.0 Å². The summed E-state index contributed by atoms with van der Waals surface area (Å²) in [6.45, 7) is 3.88. The molecule has 4 heteroatoms. The topological polar surface area (TPSA) is 21.3 Å². The Kier molecular flexibility index (Phi) is 5.61. The third-order valence-electron chi connectivity index (χ3n) is 3.53. The zero-order chi connectivity index (χ0) is 13.7. The fourth-order valence-electron chi connectivity index (χ4n) is 2.51. The number of halogens is 2. The predicted molar refractivity (Wildman–Crippen MR) is 76.2 cm³/mol. The summed E-state index contributed by atoms with van der Waals surface area (Å²) in [6, 6.07) is 5.07. The second-order valence-corrected chi connectivity index (χ2v) is 5.49. The summed E-state index contributed by atoms with van der Waals surface area (Å²) < 4.78 is 19.6. The van der Waals surface area contributed by atoms with Gasteiger partial charge in [0.25, 0.3) is 0 Å². The monoisotopic (exact) mass is 285 g/mol. The van der Waals surface area contributed by atoms with Crippen LogP contribution in [0.25, 0.3) is 0 Å². The molecule has 2 rings (SSSR count). The summed E-state index contributed by atoms with van der Waals surface area (Å²) in [5.41, 5.74) is 0.702. The molecule has 0 saturated carbocycles. The maximum atomic E-state index is 13.9. The van der Waals surface area contributed by atoms with Crippen LogP contribution in [0.15, 0.2) is 18.2 Å². The van der Waals surface area contributed by atoms with Gasteiger partial charge in [0.2, 0.25) is 0 Å². The van der Waals surface area contributed by atoms with Crippen LogP contribution in [0.1, 0.15) is 31.7 Å². The summed E-state index contributed by atoms with van der Waals surface area (Å²) >= 11 is 5.78. The lowest BCUT2D eigenvalue weighted by atomic mass is 9.99. The third-order valence-corrected chi connectivity index (χ3v) is 3.76. The molecular weight excluding hydrogens is 265 g/mol. The van der Waals surface area contributed by atoms with Gasteiger partial charge >= 0.3 is 0 Å². The summed E-state index contributed by atoms with van der Waals surface area (Å²) in [7, 11) is 0. The number of hydrogen-bond donors (Lipinski definition) is 1. The van der Waals surface area contributed by atoms with Crippen LogP contribution in [0, 0.1) is 5.82 Å². The van der Waals surface area contributed by atoms with Gasteiger partial charge in [0, 0.05) is 17.7 Å². The van der Waals surface area contributed by atoms with Gasteiger partial charge in [-0.15, -0.1) is 0 Å². The number of nitrogens with one attached hydrogen (secondary N) is 1. The fourth-order valence-corrected chi connectivity index (χ4v) is 2.67. The van der Waals surface area contributed by atoms with Crippen molar-refractivity contribution < 1.29 is 9.13 Å². The first-order valence-corrected chi connectivity index (χ1v) is 7.37. The molecule has 0 spiro atoms. The Morgan fingerprint density at radius 2 is 2.37 bits per heavy atom. The average molecular weight is 286 g/mol. The molecule has 1 aromatic carbocycles. The molecule has 1 aromatic rings. The van der Waals surface area contributed by atoms with E-state index in [9.17, 15) is 4.39 Å². The minimum atomic E-state index is -0.228. The molecule has 0 amide bonds. The van der Waals surface area contributed by atoms with Gasteiger partial charge < -0.3 is 10.1 Å². The zero-order valence-corrected chi connectivity index (χ0v) is 12.0. The molecule has 19 heavy (non-hydrogen) atoms. The second-order valence-electron chi connectivity index (χ2n) is 5.05. The fraction of sp³-hybridized carbons (Fsp3) is 0.600. The number of ether oxygens (including phenoxy) is 1. The molecule has 1 N–H and O–H groups in total. The van der Waals surface area contributed by atoms with E-state index in [1.54, 1.807) is 12.1 Å². The molecule has 1 aliphatic rings. The highest BCUT2D eigenvalue weighted by molar-refractivity contribution is 6.30. The van der Waals surface area contributed by atoms with Crippen molar-refractivity contribution in [3.8, 4) is 0 Å². The van der Waals surface area contributed by atoms with E-state index in [-0.39, 0.29) is 18.0 Å². The number of hydrogen-bond acceptors (Lipinski definition) is 2. The molecule has 2 atom stereocenters. The smallest absolute Gasteiger partial charge is 0.127 e. The van der Waals surface area contributed by atoms with Crippen molar-refractivity contribution >= 4 is 11.6 Å². The minimum absolute atomic E-state index is 0.179. The normalized spacial score (nSPS) is 20.7. The predicted octanol–water partition coefficient (Wildman–Crippen LogP) is 3.57. The van der Waals surface area contributed by atoms with Gasteiger partial charge in [0.1, 0.15) is 5.82 Å². The lowest BCUT2D eigenvalue weighted by molar-refractivity contribution is 0.0781. The van der Waals surface area contributed by atoms with Gasteiger partial charge in [-0.3, -0.25) is 0 Å². The second kappa shape index (κ2) is 7.22. The maximum Gasteiger partial charge on any atom is 0.127 e. The first kappa shape index (κ1) is 14.8. The summed E-state index contributed by atoms with van der Waals surface area (Å²) in [4.78, 5) is 0. The van der Waals surface area contributed by atoms with Crippen molar-refractivity contribution in [3.63, 3.8) is 0 Å². The molecule has 1 saturated heterocycles. The SMILES string of the molecule is CCCNC(Cc1ccc(Cl)cc1F)C1CCCO1. The van der Waals surface area contributed by atoms with Crippen LogP contribution in [0.2, 0.25) is 5.02 Å². The number of rotatable bonds is 6. The van der Waals surface area contributed by atoms with Crippen molar-refractivity contribution in [2.75, 3.05) is 13.2 Å². The van der Waals surface area contributed by atoms with E-state index < -0.39 is 0 Å². The van der Waals surface area contributed by atoms with Gasteiger partial charge in [0.15, 0.2) is 0 Å². The molecule has 0 aliphatic carbocycles. The van der Waals surface area contributed by atoms with E-state index in [4.69, 9.17) is 16.3 Å². The lowest BCUT2D eigenvalue weighted by Gasteiger charge is -2.24. The highest BCUT2D eigenvalue weighted by atomic mass is 35.5. The Bertz CT molecular complexity index is 407. The molecule has 106 valence electrons. The Labute approximate surface area is 119 Å². The van der Waals surface area contributed by atoms with Gasteiger partial charge in [-0.25, -0.2) is 4.39 Å². The molecule has 0 radical (unpaired) electrons. The van der Waals surface area contributed by atoms with E-state index in [1.165, 1.54) is 6.07 Å². The summed E-state index contributed by atoms with van der Waals surface area (Å²) in [6.07, 6.45) is 4.05. The summed E-state index contributed by atoms with van der Waals surface area (Å²) in [5, 5.41) is 3.92. The van der Waals surface area contributed by atoms with Crippen LogP contribution in [0.5, 0.6) is 0 Å². The molecule has 0 bridgehead atoms. The highest BCUT2D eigenvalue weighted by Crippen LogP contribution is 2.21. The van der Waals surface area contributed by atoms with Crippen LogP contribution in [0.3, 0.4) is 0 Å². The first-order valence-electron chi connectivity index (χ1n) is 6.99. The molecule has 1 heterocycles. The van der Waals surface area contributed by atoms with E-state index >= 15 is 0 Å². The minimum Gasteiger partial charge on any atom is -0.377 e. The van der Waals surface area contributed by atoms with Crippen molar-refractivity contribution in [2.45, 2.75) is 44.8 Å². The van der Waals surface area contributed by atoms with Crippen LogP contribution >= 0.6 is 11.6 Å². The Balaban J connectivity index is 2.05. The molecular formula is C15H21ClFNO. The maximum absolute atomic E-state index is 13.9. The lowest BCUT2D eigenvalue weighted by Crippen LogP contribution is -2.41. The highest BCUT2D eigenvalue weighted by Gasteiger charge is 2.26. The van der Waals surface area contributed by atoms with E-state index in [0.717, 1.165) is 32.4 Å². The van der Waals surface area contributed by atoms with Crippen LogP contribution in [-0.4, -0.2) is 25.3 Å². The van der Waals surface area contributed by atoms with Crippen LogP contribution < -0.4 is 5.32 Å². The Morgan fingerprint density at radius 3 is 3.00 bits per heavy atom. The van der Waals surface area contributed by atoms with E-state index in [1.807, 2.05) is 0 Å². The average Bonchev–Trinajstić information content (AvgIpc) is 2.90. The van der Waals surface area contributed by atoms with Gasteiger partial charge in [-0.05, 0) is 49.9 Å². The van der Waals surface area contributed by atoms with Crippen molar-refractivity contribution in [1.29, 1.82) is 0 Å². The summed E-state index contributed by atoms with van der Waals surface area (Å²) in [5.74, 6) is -0.228. The van der Waals surface area contributed by atoms with Crippen LogP contribution in [0.4, 0.5) is 4.39 Å². The molecule has 1 aliphatic heterocycles. The Hall–Kier alpha value is -0.640. The quantitative estimate of drug-likeness (QED) is 0.863. The molecule has 1 fully saturated rings. The number of benzene rings is 1. The molecule has 2 unspecified atom stereocenters. The third kappa shape index (κ3) is 4.16. The van der Waals surface area contributed by atoms with Crippen LogP contribution in [-0.2, 0) is 11.2 Å². The van der Waals surface area contributed by atoms with Crippen molar-refractivity contribution in [2.24, 2.45) is 0 Å². The largest absolute Gasteiger partial charge is 0.377 e. The van der Waals surface area contributed by atoms with Gasteiger partial charge in [0.05, 0.1) is 6.10 Å². The van der Waals surface area contributed by atoms with Crippen molar-refractivity contribution in [1.82, 2.24) is 5.32 Å². The molecule has 2 nitrogen and oxygen atoms in total.